The topological polar surface area (TPSA) is 226 Å². The number of nitrogens with one attached hydrogen (secondary N) is 1. The highest BCUT2D eigenvalue weighted by Gasteiger charge is 2.43. The van der Waals surface area contributed by atoms with Gasteiger partial charge in [-0.3, -0.25) is 4.79 Å². The van der Waals surface area contributed by atoms with E-state index in [0.717, 1.165) is 88.3 Å². The van der Waals surface area contributed by atoms with E-state index in [2.05, 4.69) is 73.2 Å². The van der Waals surface area contributed by atoms with Gasteiger partial charge in [0.25, 0.3) is 0 Å². The molecule has 0 aromatic carbocycles. The second kappa shape index (κ2) is 59.0. The van der Waals surface area contributed by atoms with Crippen LogP contribution < -0.4 is 5.32 Å². The molecule has 4 fully saturated rings. The van der Waals surface area contributed by atoms with Crippen molar-refractivity contribution in [2.45, 2.75) is 265 Å². The maximum atomic E-state index is 12.2. The molecule has 7 atom stereocenters. The lowest BCUT2D eigenvalue weighted by Crippen LogP contribution is -2.35. The highest BCUT2D eigenvalue weighted by Crippen LogP contribution is 2.41. The number of carbonyl (C=O) groups is 6. The summed E-state index contributed by atoms with van der Waals surface area (Å²) < 4.78 is 56.6. The Kier molecular flexibility index (Phi) is 63.5. The highest BCUT2D eigenvalue weighted by molar-refractivity contribution is 5.87. The van der Waals surface area contributed by atoms with Crippen LogP contribution >= 0.6 is 0 Å². The van der Waals surface area contributed by atoms with Gasteiger partial charge in [-0.05, 0) is 88.9 Å². The quantitative estimate of drug-likeness (QED) is 0.0197. The molecule has 3 saturated heterocycles. The Morgan fingerprint density at radius 1 is 0.529 bits per heavy atom. The Morgan fingerprint density at radius 2 is 0.954 bits per heavy atom. The standard InChI is InChI=1S/C29H41NO12.C14H28O2.C11H20O.C9H18O2.6CH4/c1-7-24(31)37-16-22(18-39-27(34)20(3)4)41-26(33)14-12-10-9-11-13-15-30-29(36)42-23(17-38-25(32)8-2)19-40-28(35)21(5)6;1-13(2)9-7-5-3-4-6-8-10-15-11-14-12-16-14;1-8(2)3-4-9-5-6-10-11(7-9)12-10;1-8(2)4-3-5-10-6-9-7-11-9;;;;;;/h7-8,22-23H,1-3,5,9-19H2,4,6H3,(H,30,36);13-14H,3-12H2,1-2H3;8-11H,3-7H2,1-2H3;8-9H,3-7H2,1-2H3;6*1H4. The normalized spacial score (nSPS) is 17.4. The van der Waals surface area contributed by atoms with Crippen LogP contribution in [0.25, 0.3) is 0 Å². The number of alkyl carbamates (subject to hydrolysis) is 1. The molecule has 3 aliphatic heterocycles. The van der Waals surface area contributed by atoms with E-state index in [1.165, 1.54) is 104 Å². The van der Waals surface area contributed by atoms with E-state index >= 15 is 0 Å². The monoisotopic (exact) mass is 1250 g/mol. The average molecular weight is 1250 g/mol. The van der Waals surface area contributed by atoms with Gasteiger partial charge in [-0.2, -0.15) is 0 Å². The van der Waals surface area contributed by atoms with E-state index in [0.29, 0.717) is 50.2 Å². The zero-order chi connectivity index (χ0) is 60.2. The molecule has 514 valence electrons. The van der Waals surface area contributed by atoms with Crippen molar-refractivity contribution in [1.82, 2.24) is 5.32 Å². The van der Waals surface area contributed by atoms with E-state index < -0.39 is 48.1 Å². The van der Waals surface area contributed by atoms with Gasteiger partial charge >= 0.3 is 35.9 Å². The first-order chi connectivity index (χ1) is 38.7. The fraction of sp³-hybridized carbons (Fsp3) is 0.797. The van der Waals surface area contributed by atoms with Gasteiger partial charge in [0.1, 0.15) is 38.6 Å². The minimum Gasteiger partial charge on any atom is -0.458 e. The molecule has 1 N–H and O–H groups in total. The number of ether oxygens (including phenoxy) is 11. The molecule has 87 heavy (non-hydrogen) atoms. The molecular formula is C69H131NO17. The lowest BCUT2D eigenvalue weighted by atomic mass is 9.85. The van der Waals surface area contributed by atoms with Gasteiger partial charge in [-0.1, -0.05) is 183 Å². The molecule has 4 rings (SSSR count). The van der Waals surface area contributed by atoms with Crippen molar-refractivity contribution in [2.24, 2.45) is 23.7 Å². The molecule has 18 heteroatoms. The Labute approximate surface area is 531 Å². The van der Waals surface area contributed by atoms with Gasteiger partial charge in [0, 0.05) is 49.5 Å². The molecule has 1 aliphatic carbocycles. The molecule has 0 bridgehead atoms. The molecule has 4 aliphatic rings. The molecule has 18 nitrogen and oxygen atoms in total. The molecule has 1 amide bonds. The van der Waals surface area contributed by atoms with Crippen LogP contribution in [0.2, 0.25) is 0 Å². The Bertz CT molecular complexity index is 1700. The van der Waals surface area contributed by atoms with Crippen molar-refractivity contribution in [3.63, 3.8) is 0 Å². The van der Waals surface area contributed by atoms with Crippen molar-refractivity contribution in [3.05, 3.63) is 49.6 Å². The van der Waals surface area contributed by atoms with Crippen LogP contribution in [0, 0.1) is 23.7 Å². The van der Waals surface area contributed by atoms with Gasteiger partial charge in [0.05, 0.1) is 38.6 Å². The average Bonchev–Trinajstić information content (AvgIpc) is 2.47. The van der Waals surface area contributed by atoms with E-state index in [4.69, 9.17) is 52.1 Å². The molecule has 0 aromatic rings. The molecule has 0 spiro atoms. The summed E-state index contributed by atoms with van der Waals surface area (Å²) in [6.45, 7) is 34.5. The number of hydrogen-bond acceptors (Lipinski definition) is 17. The van der Waals surface area contributed by atoms with Gasteiger partial charge in [0.2, 0.25) is 0 Å². The van der Waals surface area contributed by atoms with Gasteiger partial charge in [-0.15, -0.1) is 0 Å². The Morgan fingerprint density at radius 3 is 1.41 bits per heavy atom. The molecule has 0 radical (unpaired) electrons. The van der Waals surface area contributed by atoms with Crippen LogP contribution in [-0.2, 0) is 76.1 Å². The van der Waals surface area contributed by atoms with Crippen LogP contribution in [-0.4, -0.2) is 145 Å². The van der Waals surface area contributed by atoms with Crippen LogP contribution in [0.5, 0.6) is 0 Å². The molecule has 3 heterocycles. The summed E-state index contributed by atoms with van der Waals surface area (Å²) in [6, 6.07) is 0. The van der Waals surface area contributed by atoms with Crippen LogP contribution in [0.4, 0.5) is 4.79 Å². The summed E-state index contributed by atoms with van der Waals surface area (Å²) in [5, 5.41) is 2.57. The maximum Gasteiger partial charge on any atom is 0.407 e. The minimum atomic E-state index is -1.02. The predicted octanol–water partition coefficient (Wildman–Crippen LogP) is 15.5. The lowest BCUT2D eigenvalue weighted by molar-refractivity contribution is -0.164. The fourth-order valence-corrected chi connectivity index (χ4v) is 7.97. The summed E-state index contributed by atoms with van der Waals surface area (Å²) in [4.78, 5) is 70.1. The number of amides is 1. The zero-order valence-electron chi connectivity index (χ0n) is 51.1. The summed E-state index contributed by atoms with van der Waals surface area (Å²) in [7, 11) is 0. The van der Waals surface area contributed by atoms with Crippen molar-refractivity contribution in [1.29, 1.82) is 0 Å². The van der Waals surface area contributed by atoms with Crippen LogP contribution in [0.3, 0.4) is 0 Å². The Balaban J connectivity index is -0.000000295. The first kappa shape index (κ1) is 93.5. The SMILES string of the molecule is C.C.C.C.C.C.C=CC(=O)OCC(COC(=O)C(=C)C)OC(=O)CCCCCCCNC(=O)OC(COC(=O)C=C)COC(=O)C(=C)C.CC(C)CCC1CCC2OC2C1.CC(C)CCCCCCCCOCC1CO1.CC(C)CCCOCC1CO1. The van der Waals surface area contributed by atoms with Gasteiger partial charge in [-0.25, -0.2) is 24.0 Å². The summed E-state index contributed by atoms with van der Waals surface area (Å²) >= 11 is 0. The zero-order valence-corrected chi connectivity index (χ0v) is 51.1. The smallest absolute Gasteiger partial charge is 0.407 e. The first-order valence-corrected chi connectivity index (χ1v) is 30.1. The molecule has 1 saturated carbocycles. The predicted molar refractivity (Wildman–Crippen MR) is 353 cm³/mol. The van der Waals surface area contributed by atoms with Crippen molar-refractivity contribution in [2.75, 3.05) is 72.6 Å². The number of carbonyl (C=O) groups excluding carboxylic acids is 6. The van der Waals surface area contributed by atoms with Gasteiger partial charge in [0.15, 0.2) is 12.2 Å². The fourth-order valence-electron chi connectivity index (χ4n) is 7.97. The lowest BCUT2D eigenvalue weighted by Gasteiger charge is -2.19. The summed E-state index contributed by atoms with van der Waals surface area (Å²) in [6.07, 6.45) is 23.8. The number of epoxide rings is 3. The van der Waals surface area contributed by atoms with E-state index in [1.54, 1.807) is 0 Å². The second-order valence-electron chi connectivity index (χ2n) is 22.8. The first-order valence-electron chi connectivity index (χ1n) is 30.1. The van der Waals surface area contributed by atoms with Crippen LogP contribution in [0.1, 0.15) is 228 Å². The molecular weight excluding hydrogens is 1110 g/mol. The number of esters is 5. The van der Waals surface area contributed by atoms with E-state index in [-0.39, 0.29) is 88.6 Å². The molecule has 0 aromatic heterocycles. The van der Waals surface area contributed by atoms with Crippen molar-refractivity contribution < 1.29 is 80.9 Å². The third-order valence-corrected chi connectivity index (χ3v) is 13.1. The van der Waals surface area contributed by atoms with Crippen molar-refractivity contribution >= 4 is 35.9 Å². The van der Waals surface area contributed by atoms with Crippen molar-refractivity contribution in [3.8, 4) is 0 Å². The minimum absolute atomic E-state index is 0. The van der Waals surface area contributed by atoms with Crippen LogP contribution in [0.15, 0.2) is 49.6 Å². The largest absolute Gasteiger partial charge is 0.458 e. The Hall–Kier alpha value is -4.62. The maximum absolute atomic E-state index is 12.2. The van der Waals surface area contributed by atoms with E-state index in [1.807, 2.05) is 0 Å². The number of fused-ring (bicyclic) bond motifs is 1. The number of unbranched alkanes of at least 4 members (excludes halogenated alkanes) is 9. The summed E-state index contributed by atoms with van der Waals surface area (Å²) in [5.74, 6) is 0.238. The third-order valence-electron chi connectivity index (χ3n) is 13.1. The number of hydrogen-bond donors (Lipinski definition) is 1. The highest BCUT2D eigenvalue weighted by atomic mass is 16.6. The second-order valence-corrected chi connectivity index (χ2v) is 22.8. The summed E-state index contributed by atoms with van der Waals surface area (Å²) in [5.41, 5.74) is 0.336. The van der Waals surface area contributed by atoms with Gasteiger partial charge < -0.3 is 57.4 Å². The number of rotatable bonds is 42. The van der Waals surface area contributed by atoms with E-state index in [9.17, 15) is 28.8 Å². The molecule has 7 unspecified atom stereocenters. The third kappa shape index (κ3) is 58.8.